The molecule has 0 bridgehead atoms. The van der Waals surface area contributed by atoms with Crippen LogP contribution in [0.25, 0.3) is 5.65 Å². The Balaban J connectivity index is 1.51. The average molecular weight is 309 g/mol. The van der Waals surface area contributed by atoms with Crippen molar-refractivity contribution in [3.8, 4) is 0 Å². The number of benzene rings is 1. The highest BCUT2D eigenvalue weighted by atomic mass is 15.3. The van der Waals surface area contributed by atoms with Gasteiger partial charge in [0.15, 0.2) is 11.5 Å². The fourth-order valence-electron chi connectivity index (χ4n) is 2.80. The molecular formula is C16H19N7. The molecule has 1 saturated heterocycles. The minimum Gasteiger partial charge on any atom is -0.369 e. The van der Waals surface area contributed by atoms with Crippen molar-refractivity contribution < 1.29 is 0 Å². The number of likely N-dealkylation sites (N-methyl/N-ethyl adjacent to an activating group) is 1. The van der Waals surface area contributed by atoms with Gasteiger partial charge in [0.05, 0.1) is 0 Å². The van der Waals surface area contributed by atoms with Crippen LogP contribution in [-0.2, 0) is 0 Å². The number of hydrogen-bond donors (Lipinski definition) is 1. The van der Waals surface area contributed by atoms with Crippen LogP contribution in [0.1, 0.15) is 0 Å². The van der Waals surface area contributed by atoms with E-state index in [0.29, 0.717) is 5.82 Å². The lowest BCUT2D eigenvalue weighted by atomic mass is 10.2. The third kappa shape index (κ3) is 2.83. The highest BCUT2D eigenvalue weighted by Crippen LogP contribution is 2.22. The van der Waals surface area contributed by atoms with Gasteiger partial charge in [-0.15, -0.1) is 0 Å². The molecule has 118 valence electrons. The summed E-state index contributed by atoms with van der Waals surface area (Å²) < 4.78 is 1.70. The molecule has 1 N–H and O–H groups in total. The predicted molar refractivity (Wildman–Crippen MR) is 90.2 cm³/mol. The Kier molecular flexibility index (Phi) is 3.55. The van der Waals surface area contributed by atoms with Crippen molar-refractivity contribution >= 4 is 22.8 Å². The van der Waals surface area contributed by atoms with E-state index in [1.54, 1.807) is 16.9 Å². The SMILES string of the molecule is CN1CCN(c2ccc(Nc3nccn4ncnc34)cc2)CC1. The molecule has 0 radical (unpaired) electrons. The molecule has 7 nitrogen and oxygen atoms in total. The van der Waals surface area contributed by atoms with Crippen molar-refractivity contribution in [3.05, 3.63) is 43.0 Å². The topological polar surface area (TPSA) is 61.6 Å². The van der Waals surface area contributed by atoms with E-state index in [4.69, 9.17) is 0 Å². The van der Waals surface area contributed by atoms with Gasteiger partial charge in [-0.3, -0.25) is 0 Å². The molecule has 1 aliphatic rings. The molecule has 7 heteroatoms. The Morgan fingerprint density at radius 1 is 1.00 bits per heavy atom. The summed E-state index contributed by atoms with van der Waals surface area (Å²) in [6.07, 6.45) is 5.02. The van der Waals surface area contributed by atoms with Gasteiger partial charge in [-0.25, -0.2) is 14.5 Å². The van der Waals surface area contributed by atoms with Crippen molar-refractivity contribution in [1.82, 2.24) is 24.5 Å². The number of hydrogen-bond acceptors (Lipinski definition) is 6. The summed E-state index contributed by atoms with van der Waals surface area (Å²) in [6.45, 7) is 4.37. The number of piperazine rings is 1. The van der Waals surface area contributed by atoms with Gasteiger partial charge in [0.25, 0.3) is 0 Å². The standard InChI is InChI=1S/C16H19N7/c1-21-8-10-22(11-9-21)14-4-2-13(3-5-14)20-15-16-18-12-19-23(16)7-6-17-15/h2-7,12H,8-11H2,1H3,(H,17,20). The second-order valence-electron chi connectivity index (χ2n) is 5.77. The third-order valence-corrected chi connectivity index (χ3v) is 4.19. The van der Waals surface area contributed by atoms with Gasteiger partial charge in [0.2, 0.25) is 0 Å². The van der Waals surface area contributed by atoms with E-state index in [-0.39, 0.29) is 0 Å². The summed E-state index contributed by atoms with van der Waals surface area (Å²) in [5.41, 5.74) is 2.97. The van der Waals surface area contributed by atoms with Crippen molar-refractivity contribution in [3.63, 3.8) is 0 Å². The summed E-state index contributed by atoms with van der Waals surface area (Å²) in [5, 5.41) is 7.43. The van der Waals surface area contributed by atoms with E-state index < -0.39 is 0 Å². The molecule has 4 rings (SSSR count). The van der Waals surface area contributed by atoms with Crippen LogP contribution in [0.3, 0.4) is 0 Å². The largest absolute Gasteiger partial charge is 0.369 e. The second-order valence-corrected chi connectivity index (χ2v) is 5.77. The van der Waals surface area contributed by atoms with Crippen LogP contribution in [0.5, 0.6) is 0 Å². The molecule has 0 aliphatic carbocycles. The number of anilines is 3. The average Bonchev–Trinajstić information content (AvgIpc) is 3.06. The third-order valence-electron chi connectivity index (χ3n) is 4.19. The maximum atomic E-state index is 4.34. The normalized spacial score (nSPS) is 16.0. The molecule has 0 spiro atoms. The number of nitrogens with one attached hydrogen (secondary N) is 1. The molecule has 23 heavy (non-hydrogen) atoms. The van der Waals surface area contributed by atoms with Crippen LogP contribution < -0.4 is 10.2 Å². The molecule has 3 heterocycles. The Labute approximate surface area is 134 Å². The Morgan fingerprint density at radius 3 is 2.57 bits per heavy atom. The van der Waals surface area contributed by atoms with Gasteiger partial charge < -0.3 is 15.1 Å². The number of nitrogens with zero attached hydrogens (tertiary/aromatic N) is 6. The number of aromatic nitrogens is 4. The molecule has 1 fully saturated rings. The second kappa shape index (κ2) is 5.85. The van der Waals surface area contributed by atoms with Crippen LogP contribution >= 0.6 is 0 Å². The van der Waals surface area contributed by atoms with E-state index in [2.05, 4.69) is 61.5 Å². The highest BCUT2D eigenvalue weighted by molar-refractivity contribution is 5.70. The first kappa shape index (κ1) is 14.0. The van der Waals surface area contributed by atoms with Gasteiger partial charge in [-0.2, -0.15) is 5.10 Å². The van der Waals surface area contributed by atoms with Crippen molar-refractivity contribution in [2.75, 3.05) is 43.4 Å². The van der Waals surface area contributed by atoms with Crippen LogP contribution in [-0.4, -0.2) is 57.7 Å². The van der Waals surface area contributed by atoms with Crippen molar-refractivity contribution in [2.24, 2.45) is 0 Å². The first-order valence-electron chi connectivity index (χ1n) is 7.74. The van der Waals surface area contributed by atoms with Gasteiger partial charge in [0, 0.05) is 49.9 Å². The molecule has 0 unspecified atom stereocenters. The van der Waals surface area contributed by atoms with Gasteiger partial charge in [-0.05, 0) is 31.3 Å². The van der Waals surface area contributed by atoms with E-state index in [0.717, 1.165) is 37.5 Å². The molecule has 1 aliphatic heterocycles. The zero-order valence-corrected chi connectivity index (χ0v) is 13.1. The molecule has 0 atom stereocenters. The quantitative estimate of drug-likeness (QED) is 0.793. The Morgan fingerprint density at radius 2 is 1.78 bits per heavy atom. The van der Waals surface area contributed by atoms with Crippen LogP contribution in [0, 0.1) is 0 Å². The lowest BCUT2D eigenvalue weighted by molar-refractivity contribution is 0.313. The zero-order chi connectivity index (χ0) is 15.6. The maximum Gasteiger partial charge on any atom is 0.198 e. The molecular weight excluding hydrogens is 290 g/mol. The summed E-state index contributed by atoms with van der Waals surface area (Å²) in [4.78, 5) is 13.3. The van der Waals surface area contributed by atoms with E-state index >= 15 is 0 Å². The summed E-state index contributed by atoms with van der Waals surface area (Å²) in [7, 11) is 2.17. The van der Waals surface area contributed by atoms with Crippen LogP contribution in [0.2, 0.25) is 0 Å². The monoisotopic (exact) mass is 309 g/mol. The maximum absolute atomic E-state index is 4.34. The van der Waals surface area contributed by atoms with Crippen molar-refractivity contribution in [1.29, 1.82) is 0 Å². The van der Waals surface area contributed by atoms with Crippen molar-refractivity contribution in [2.45, 2.75) is 0 Å². The Bertz CT molecular complexity index is 788. The fraction of sp³-hybridized carbons (Fsp3) is 0.312. The molecule has 0 amide bonds. The summed E-state index contributed by atoms with van der Waals surface area (Å²) in [6, 6.07) is 8.46. The highest BCUT2D eigenvalue weighted by Gasteiger charge is 2.14. The molecule has 2 aromatic heterocycles. The minimum absolute atomic E-state index is 0.706. The van der Waals surface area contributed by atoms with E-state index in [1.165, 1.54) is 12.0 Å². The lowest BCUT2D eigenvalue weighted by Gasteiger charge is -2.34. The minimum atomic E-state index is 0.706. The smallest absolute Gasteiger partial charge is 0.198 e. The zero-order valence-electron chi connectivity index (χ0n) is 13.1. The van der Waals surface area contributed by atoms with Crippen LogP contribution in [0.4, 0.5) is 17.2 Å². The van der Waals surface area contributed by atoms with Gasteiger partial charge in [0.1, 0.15) is 6.33 Å². The summed E-state index contributed by atoms with van der Waals surface area (Å²) >= 11 is 0. The van der Waals surface area contributed by atoms with Gasteiger partial charge >= 0.3 is 0 Å². The predicted octanol–water partition coefficient (Wildman–Crippen LogP) is 1.62. The molecule has 1 aromatic carbocycles. The molecule has 3 aromatic rings. The van der Waals surface area contributed by atoms with E-state index in [1.807, 2.05) is 0 Å². The van der Waals surface area contributed by atoms with Gasteiger partial charge in [-0.1, -0.05) is 0 Å². The number of rotatable bonds is 3. The molecule has 0 saturated carbocycles. The van der Waals surface area contributed by atoms with E-state index in [9.17, 15) is 0 Å². The number of fused-ring (bicyclic) bond motifs is 1. The fourth-order valence-corrected chi connectivity index (χ4v) is 2.80. The summed E-state index contributed by atoms with van der Waals surface area (Å²) in [5.74, 6) is 0.706. The Hall–Kier alpha value is -2.67. The first-order valence-corrected chi connectivity index (χ1v) is 7.74. The lowest BCUT2D eigenvalue weighted by Crippen LogP contribution is -2.44. The van der Waals surface area contributed by atoms with Crippen LogP contribution in [0.15, 0.2) is 43.0 Å². The first-order chi connectivity index (χ1) is 11.3.